The van der Waals surface area contributed by atoms with Gasteiger partial charge in [-0.15, -0.1) is 0 Å². The fraction of sp³-hybridized carbons (Fsp3) is 0.350. The fourth-order valence-corrected chi connectivity index (χ4v) is 2.70. The van der Waals surface area contributed by atoms with E-state index >= 15 is 0 Å². The molecule has 1 amide bonds. The third-order valence-electron chi connectivity index (χ3n) is 4.06. The molecule has 2 aromatic carbocycles. The average Bonchev–Trinajstić information content (AvgIpc) is 2.63. The molecule has 0 bridgehead atoms. The quantitative estimate of drug-likeness (QED) is 0.760. The molecule has 0 saturated heterocycles. The third kappa shape index (κ3) is 4.07. The molecule has 0 spiro atoms. The lowest BCUT2D eigenvalue weighted by molar-refractivity contribution is 0.0702. The van der Waals surface area contributed by atoms with E-state index in [0.29, 0.717) is 18.7 Å². The minimum Gasteiger partial charge on any atom is -0.497 e. The summed E-state index contributed by atoms with van der Waals surface area (Å²) < 4.78 is 10.7. The van der Waals surface area contributed by atoms with Crippen LogP contribution in [0.1, 0.15) is 42.7 Å². The normalized spacial score (nSPS) is 11.7. The van der Waals surface area contributed by atoms with Gasteiger partial charge in [0.15, 0.2) is 0 Å². The Kier molecular flexibility index (Phi) is 6.24. The molecule has 0 aliphatic carbocycles. The zero-order chi connectivity index (χ0) is 17.5. The molecule has 1 unspecified atom stereocenters. The minimum atomic E-state index is -0.0378. The molecule has 1 atom stereocenters. The van der Waals surface area contributed by atoms with E-state index in [0.717, 1.165) is 17.1 Å². The van der Waals surface area contributed by atoms with Gasteiger partial charge < -0.3 is 14.4 Å². The summed E-state index contributed by atoms with van der Waals surface area (Å²) in [6, 6.07) is 15.1. The van der Waals surface area contributed by atoms with E-state index in [1.165, 1.54) is 0 Å². The number of benzene rings is 2. The summed E-state index contributed by atoms with van der Waals surface area (Å²) in [4.78, 5) is 14.7. The first-order valence-electron chi connectivity index (χ1n) is 8.28. The van der Waals surface area contributed by atoms with Gasteiger partial charge in [0, 0.05) is 12.1 Å². The number of carbonyl (C=O) groups is 1. The largest absolute Gasteiger partial charge is 0.497 e. The highest BCUT2D eigenvalue weighted by Crippen LogP contribution is 2.25. The van der Waals surface area contributed by atoms with Gasteiger partial charge >= 0.3 is 0 Å². The summed E-state index contributed by atoms with van der Waals surface area (Å²) in [5.41, 5.74) is 1.71. The molecule has 0 N–H and O–H groups in total. The summed E-state index contributed by atoms with van der Waals surface area (Å²) in [5, 5.41) is 0. The maximum absolute atomic E-state index is 12.9. The van der Waals surface area contributed by atoms with E-state index in [9.17, 15) is 4.79 Å². The van der Waals surface area contributed by atoms with Gasteiger partial charge in [-0.3, -0.25) is 4.79 Å². The van der Waals surface area contributed by atoms with Crippen LogP contribution >= 0.6 is 0 Å². The predicted molar refractivity (Wildman–Crippen MR) is 95.7 cm³/mol. The fourth-order valence-electron chi connectivity index (χ4n) is 2.70. The molecule has 0 aliphatic heterocycles. The van der Waals surface area contributed by atoms with Crippen molar-refractivity contribution < 1.29 is 14.3 Å². The number of rotatable bonds is 7. The van der Waals surface area contributed by atoms with Crippen molar-refractivity contribution in [2.45, 2.75) is 26.8 Å². The lowest BCUT2D eigenvalue weighted by Gasteiger charge is -2.29. The van der Waals surface area contributed by atoms with Crippen LogP contribution in [0.25, 0.3) is 0 Å². The average molecular weight is 327 g/mol. The van der Waals surface area contributed by atoms with Crippen molar-refractivity contribution >= 4 is 5.91 Å². The Morgan fingerprint density at radius 3 is 2.38 bits per heavy atom. The van der Waals surface area contributed by atoms with Crippen LogP contribution in [0, 0.1) is 0 Å². The van der Waals surface area contributed by atoms with E-state index in [1.54, 1.807) is 7.11 Å². The van der Waals surface area contributed by atoms with Crippen LogP contribution < -0.4 is 9.47 Å². The van der Waals surface area contributed by atoms with E-state index in [-0.39, 0.29) is 11.9 Å². The molecule has 2 rings (SSSR count). The molecule has 4 heteroatoms. The lowest BCUT2D eigenvalue weighted by atomic mass is 10.0. The molecule has 2 aromatic rings. The molecule has 0 fully saturated rings. The number of ether oxygens (including phenoxy) is 2. The standard InChI is InChI=1S/C20H25NO3/c1-5-21(15(3)17-8-7-9-19(14-17)23-4)20(22)16-10-12-18(13-11-16)24-6-2/h7-15H,5-6H2,1-4H3. The Morgan fingerprint density at radius 2 is 1.79 bits per heavy atom. The second kappa shape index (κ2) is 8.39. The van der Waals surface area contributed by atoms with Crippen molar-refractivity contribution in [3.05, 3.63) is 59.7 Å². The number of hydrogen-bond acceptors (Lipinski definition) is 3. The Hall–Kier alpha value is -2.49. The van der Waals surface area contributed by atoms with E-state index in [4.69, 9.17) is 9.47 Å². The third-order valence-corrected chi connectivity index (χ3v) is 4.06. The molecular formula is C20H25NO3. The first-order chi connectivity index (χ1) is 11.6. The van der Waals surface area contributed by atoms with Crippen molar-refractivity contribution in [2.24, 2.45) is 0 Å². The molecule has 0 aromatic heterocycles. The van der Waals surface area contributed by atoms with Gasteiger partial charge in [0.05, 0.1) is 19.8 Å². The molecule has 0 aliphatic rings. The van der Waals surface area contributed by atoms with Crippen molar-refractivity contribution in [2.75, 3.05) is 20.3 Å². The van der Waals surface area contributed by atoms with Crippen LogP contribution in [-0.4, -0.2) is 31.1 Å². The van der Waals surface area contributed by atoms with Gasteiger partial charge in [0.1, 0.15) is 11.5 Å². The van der Waals surface area contributed by atoms with Gasteiger partial charge in [-0.25, -0.2) is 0 Å². The van der Waals surface area contributed by atoms with Gasteiger partial charge in [0.25, 0.3) is 5.91 Å². The highest BCUT2D eigenvalue weighted by molar-refractivity contribution is 5.94. The monoisotopic (exact) mass is 327 g/mol. The van der Waals surface area contributed by atoms with Crippen LogP contribution in [0.3, 0.4) is 0 Å². The van der Waals surface area contributed by atoms with Crippen LogP contribution in [0.15, 0.2) is 48.5 Å². The zero-order valence-electron chi connectivity index (χ0n) is 14.8. The van der Waals surface area contributed by atoms with Crippen LogP contribution in [0.2, 0.25) is 0 Å². The molecule has 4 nitrogen and oxygen atoms in total. The van der Waals surface area contributed by atoms with Crippen LogP contribution in [0.5, 0.6) is 11.5 Å². The number of carbonyl (C=O) groups excluding carboxylic acids is 1. The van der Waals surface area contributed by atoms with Crippen LogP contribution in [0.4, 0.5) is 0 Å². The molecule has 0 radical (unpaired) electrons. The summed E-state index contributed by atoms with van der Waals surface area (Å²) in [6.07, 6.45) is 0. The number of nitrogens with zero attached hydrogens (tertiary/aromatic N) is 1. The minimum absolute atomic E-state index is 0.0101. The predicted octanol–water partition coefficient (Wildman–Crippen LogP) is 4.32. The van der Waals surface area contributed by atoms with Crippen molar-refractivity contribution in [3.63, 3.8) is 0 Å². The van der Waals surface area contributed by atoms with E-state index in [1.807, 2.05) is 74.2 Å². The van der Waals surface area contributed by atoms with Crippen molar-refractivity contribution in [1.82, 2.24) is 4.90 Å². The maximum atomic E-state index is 12.9. The Morgan fingerprint density at radius 1 is 1.08 bits per heavy atom. The smallest absolute Gasteiger partial charge is 0.254 e. The number of hydrogen-bond donors (Lipinski definition) is 0. The summed E-state index contributed by atoms with van der Waals surface area (Å²) in [6.45, 7) is 7.20. The van der Waals surface area contributed by atoms with Gasteiger partial charge in [-0.2, -0.15) is 0 Å². The highest BCUT2D eigenvalue weighted by atomic mass is 16.5. The van der Waals surface area contributed by atoms with E-state index in [2.05, 4.69) is 0 Å². The SMILES string of the molecule is CCOc1ccc(C(=O)N(CC)C(C)c2cccc(OC)c2)cc1. The summed E-state index contributed by atoms with van der Waals surface area (Å²) >= 11 is 0. The van der Waals surface area contributed by atoms with Crippen molar-refractivity contribution in [1.29, 1.82) is 0 Å². The molecule has 0 saturated carbocycles. The summed E-state index contributed by atoms with van der Waals surface area (Å²) in [5.74, 6) is 1.58. The van der Waals surface area contributed by atoms with Gasteiger partial charge in [-0.1, -0.05) is 12.1 Å². The van der Waals surface area contributed by atoms with Gasteiger partial charge in [-0.05, 0) is 62.7 Å². The highest BCUT2D eigenvalue weighted by Gasteiger charge is 2.21. The maximum Gasteiger partial charge on any atom is 0.254 e. The van der Waals surface area contributed by atoms with Gasteiger partial charge in [0.2, 0.25) is 0 Å². The first kappa shape index (κ1) is 17.9. The second-order valence-corrected chi connectivity index (χ2v) is 5.50. The lowest BCUT2D eigenvalue weighted by Crippen LogP contribution is -2.33. The molecule has 128 valence electrons. The Labute approximate surface area is 144 Å². The topological polar surface area (TPSA) is 38.8 Å². The Bertz CT molecular complexity index is 667. The molecule has 24 heavy (non-hydrogen) atoms. The molecule has 0 heterocycles. The number of amides is 1. The van der Waals surface area contributed by atoms with Crippen LogP contribution in [-0.2, 0) is 0 Å². The zero-order valence-corrected chi connectivity index (χ0v) is 14.8. The van der Waals surface area contributed by atoms with E-state index < -0.39 is 0 Å². The first-order valence-corrected chi connectivity index (χ1v) is 8.28. The Balaban J connectivity index is 2.20. The number of methoxy groups -OCH3 is 1. The molecular weight excluding hydrogens is 302 g/mol. The van der Waals surface area contributed by atoms with Crippen molar-refractivity contribution in [3.8, 4) is 11.5 Å². The second-order valence-electron chi connectivity index (χ2n) is 5.50. The summed E-state index contributed by atoms with van der Waals surface area (Å²) in [7, 11) is 1.65.